The Morgan fingerprint density at radius 1 is 1.65 bits per heavy atom. The van der Waals surface area contributed by atoms with Crippen LogP contribution in [0.15, 0.2) is 22.7 Å². The molecule has 17 heavy (non-hydrogen) atoms. The molecule has 1 atom stereocenters. The van der Waals surface area contributed by atoms with E-state index in [0.717, 1.165) is 5.75 Å². The van der Waals surface area contributed by atoms with Gasteiger partial charge < -0.3 is 11.1 Å². The molecule has 94 valence electrons. The minimum atomic E-state index is -0.572. The number of carbonyl (C=O) groups excluding carboxylic acids is 1. The first-order chi connectivity index (χ1) is 8.04. The highest BCUT2D eigenvalue weighted by molar-refractivity contribution is 9.10. The topological polar surface area (TPSA) is 55.1 Å². The number of amides is 1. The fourth-order valence-electron chi connectivity index (χ4n) is 1.19. The maximum absolute atomic E-state index is 13.0. The summed E-state index contributed by atoms with van der Waals surface area (Å²) in [7, 11) is 0. The number of thioether (sulfide) groups is 1. The number of halogens is 2. The van der Waals surface area contributed by atoms with E-state index < -0.39 is 11.9 Å². The summed E-state index contributed by atoms with van der Waals surface area (Å²) in [4.78, 5) is 11.7. The van der Waals surface area contributed by atoms with Gasteiger partial charge in [0.15, 0.2) is 0 Å². The molecule has 3 N–H and O–H groups in total. The van der Waals surface area contributed by atoms with Crippen molar-refractivity contribution in [1.29, 1.82) is 0 Å². The quantitative estimate of drug-likeness (QED) is 0.876. The molecule has 0 saturated heterocycles. The molecule has 6 heteroatoms. The van der Waals surface area contributed by atoms with E-state index in [0.29, 0.717) is 16.6 Å². The number of nitrogens with two attached hydrogens (primary N) is 1. The second kappa shape index (κ2) is 6.98. The SMILES string of the molecule is CSCC[C@@H](N)C(=O)Nc1cc(F)ccc1Br. The molecule has 0 heterocycles. The van der Waals surface area contributed by atoms with Crippen molar-refractivity contribution in [2.24, 2.45) is 5.73 Å². The molecule has 1 rings (SSSR count). The summed E-state index contributed by atoms with van der Waals surface area (Å²) in [6.07, 6.45) is 2.55. The van der Waals surface area contributed by atoms with Crippen LogP contribution >= 0.6 is 27.7 Å². The van der Waals surface area contributed by atoms with Gasteiger partial charge in [-0.25, -0.2) is 4.39 Å². The molecule has 1 aromatic rings. The molecule has 0 saturated carbocycles. The summed E-state index contributed by atoms with van der Waals surface area (Å²) < 4.78 is 13.6. The van der Waals surface area contributed by atoms with Crippen LogP contribution < -0.4 is 11.1 Å². The van der Waals surface area contributed by atoms with Gasteiger partial charge in [-0.3, -0.25) is 4.79 Å². The van der Waals surface area contributed by atoms with Crippen LogP contribution in [0.2, 0.25) is 0 Å². The van der Waals surface area contributed by atoms with Crippen molar-refractivity contribution in [3.63, 3.8) is 0 Å². The van der Waals surface area contributed by atoms with Crippen LogP contribution in [-0.4, -0.2) is 24.0 Å². The van der Waals surface area contributed by atoms with Gasteiger partial charge in [0.1, 0.15) is 5.82 Å². The van der Waals surface area contributed by atoms with Gasteiger partial charge in [0.2, 0.25) is 5.91 Å². The van der Waals surface area contributed by atoms with Crippen LogP contribution in [0.3, 0.4) is 0 Å². The average Bonchev–Trinajstić information content (AvgIpc) is 2.30. The van der Waals surface area contributed by atoms with E-state index in [2.05, 4.69) is 21.2 Å². The Morgan fingerprint density at radius 3 is 3.00 bits per heavy atom. The average molecular weight is 321 g/mol. The molecular formula is C11H14BrFN2OS. The van der Waals surface area contributed by atoms with Crippen molar-refractivity contribution in [3.05, 3.63) is 28.5 Å². The number of benzene rings is 1. The smallest absolute Gasteiger partial charge is 0.241 e. The van der Waals surface area contributed by atoms with Crippen LogP contribution in [0.25, 0.3) is 0 Å². The van der Waals surface area contributed by atoms with Gasteiger partial charge in [-0.15, -0.1) is 0 Å². The predicted molar refractivity (Wildman–Crippen MR) is 73.7 cm³/mol. The van der Waals surface area contributed by atoms with Crippen molar-refractivity contribution in [2.45, 2.75) is 12.5 Å². The molecular weight excluding hydrogens is 307 g/mol. The molecule has 0 spiro atoms. The first kappa shape index (κ1) is 14.5. The van der Waals surface area contributed by atoms with E-state index in [1.54, 1.807) is 17.8 Å². The number of nitrogens with one attached hydrogen (secondary N) is 1. The van der Waals surface area contributed by atoms with Crippen LogP contribution in [0.5, 0.6) is 0 Å². The van der Waals surface area contributed by atoms with Gasteiger partial charge in [-0.2, -0.15) is 11.8 Å². The molecule has 0 fully saturated rings. The monoisotopic (exact) mass is 320 g/mol. The van der Waals surface area contributed by atoms with Gasteiger partial charge in [-0.1, -0.05) is 0 Å². The lowest BCUT2D eigenvalue weighted by Crippen LogP contribution is -2.36. The third-order valence-corrected chi connectivity index (χ3v) is 3.49. The molecule has 0 aliphatic rings. The van der Waals surface area contributed by atoms with Crippen molar-refractivity contribution >= 4 is 39.3 Å². The molecule has 0 aliphatic heterocycles. The zero-order chi connectivity index (χ0) is 12.8. The van der Waals surface area contributed by atoms with Crippen LogP contribution in [0.4, 0.5) is 10.1 Å². The van der Waals surface area contributed by atoms with Gasteiger partial charge in [0, 0.05) is 4.47 Å². The number of carbonyl (C=O) groups is 1. The maximum atomic E-state index is 13.0. The number of hydrogen-bond acceptors (Lipinski definition) is 3. The van der Waals surface area contributed by atoms with Crippen LogP contribution in [0.1, 0.15) is 6.42 Å². The fourth-order valence-corrected chi connectivity index (χ4v) is 2.03. The predicted octanol–water partition coefficient (Wildman–Crippen LogP) is 2.61. The zero-order valence-electron chi connectivity index (χ0n) is 9.37. The van der Waals surface area contributed by atoms with E-state index in [1.165, 1.54) is 12.1 Å². The normalized spacial score (nSPS) is 12.2. The van der Waals surface area contributed by atoms with Gasteiger partial charge in [0.05, 0.1) is 11.7 Å². The van der Waals surface area contributed by atoms with Crippen LogP contribution in [-0.2, 0) is 4.79 Å². The molecule has 0 aromatic heterocycles. The lowest BCUT2D eigenvalue weighted by Gasteiger charge is -2.12. The van der Waals surface area contributed by atoms with Gasteiger partial charge in [-0.05, 0) is 52.6 Å². The first-order valence-corrected chi connectivity index (χ1v) is 7.23. The second-order valence-corrected chi connectivity index (χ2v) is 5.34. The Labute approximate surface area is 112 Å². The molecule has 1 amide bonds. The van der Waals surface area contributed by atoms with Gasteiger partial charge in [0.25, 0.3) is 0 Å². The lowest BCUT2D eigenvalue weighted by molar-refractivity contribution is -0.117. The molecule has 0 bridgehead atoms. The van der Waals surface area contributed by atoms with E-state index >= 15 is 0 Å². The highest BCUT2D eigenvalue weighted by Crippen LogP contribution is 2.23. The lowest BCUT2D eigenvalue weighted by atomic mass is 10.2. The molecule has 3 nitrogen and oxygen atoms in total. The highest BCUT2D eigenvalue weighted by Gasteiger charge is 2.14. The summed E-state index contributed by atoms with van der Waals surface area (Å²) in [5, 5.41) is 2.60. The Balaban J connectivity index is 2.64. The summed E-state index contributed by atoms with van der Waals surface area (Å²) in [5.41, 5.74) is 6.10. The minimum absolute atomic E-state index is 0.301. The van der Waals surface area contributed by atoms with E-state index in [-0.39, 0.29) is 5.91 Å². The Kier molecular flexibility index (Phi) is 5.94. The largest absolute Gasteiger partial charge is 0.324 e. The molecule has 0 aliphatic carbocycles. The number of anilines is 1. The van der Waals surface area contributed by atoms with Crippen molar-refractivity contribution in [2.75, 3.05) is 17.3 Å². The van der Waals surface area contributed by atoms with Crippen LogP contribution in [0, 0.1) is 5.82 Å². The van der Waals surface area contributed by atoms with Crippen molar-refractivity contribution < 1.29 is 9.18 Å². The minimum Gasteiger partial charge on any atom is -0.324 e. The summed E-state index contributed by atoms with van der Waals surface area (Å²) in [5.74, 6) is 0.116. The Bertz CT molecular complexity index is 403. The molecule has 1 aromatic carbocycles. The van der Waals surface area contributed by atoms with Crippen molar-refractivity contribution in [3.8, 4) is 0 Å². The number of hydrogen-bond donors (Lipinski definition) is 2. The third-order valence-electron chi connectivity index (χ3n) is 2.16. The van der Waals surface area contributed by atoms with E-state index in [1.807, 2.05) is 6.26 Å². The fraction of sp³-hybridized carbons (Fsp3) is 0.364. The third kappa shape index (κ3) is 4.65. The van der Waals surface area contributed by atoms with Crippen molar-refractivity contribution in [1.82, 2.24) is 0 Å². The first-order valence-electron chi connectivity index (χ1n) is 5.05. The summed E-state index contributed by atoms with van der Waals surface area (Å²) in [6.45, 7) is 0. The summed E-state index contributed by atoms with van der Waals surface area (Å²) in [6, 6.07) is 3.53. The number of rotatable bonds is 5. The van der Waals surface area contributed by atoms with Gasteiger partial charge >= 0.3 is 0 Å². The molecule has 0 unspecified atom stereocenters. The maximum Gasteiger partial charge on any atom is 0.241 e. The molecule has 0 radical (unpaired) electrons. The Hall–Kier alpha value is -0.590. The summed E-state index contributed by atoms with van der Waals surface area (Å²) >= 11 is 4.86. The Morgan fingerprint density at radius 2 is 2.35 bits per heavy atom. The zero-order valence-corrected chi connectivity index (χ0v) is 11.8. The van der Waals surface area contributed by atoms with E-state index in [4.69, 9.17) is 5.73 Å². The standard InChI is InChI=1S/C11H14BrFN2OS/c1-17-5-4-9(14)11(16)15-10-6-7(13)2-3-8(10)12/h2-3,6,9H,4-5,14H2,1H3,(H,15,16)/t9-/m1/s1. The van der Waals surface area contributed by atoms with E-state index in [9.17, 15) is 9.18 Å². The highest BCUT2D eigenvalue weighted by atomic mass is 79.9. The second-order valence-electron chi connectivity index (χ2n) is 3.50.